The van der Waals surface area contributed by atoms with Gasteiger partial charge in [0, 0.05) is 19.1 Å². The molecule has 23 heavy (non-hydrogen) atoms. The van der Waals surface area contributed by atoms with Crippen LogP contribution in [0.3, 0.4) is 0 Å². The second-order valence-electron chi connectivity index (χ2n) is 6.66. The molecule has 0 bridgehead atoms. The lowest BCUT2D eigenvalue weighted by Crippen LogP contribution is -2.53. The average molecular weight is 319 g/mol. The van der Waals surface area contributed by atoms with E-state index in [9.17, 15) is 9.59 Å². The molecule has 126 valence electrons. The molecular weight excluding hydrogens is 294 g/mol. The molecule has 0 radical (unpaired) electrons. The summed E-state index contributed by atoms with van der Waals surface area (Å²) in [6.07, 6.45) is 5.06. The van der Waals surface area contributed by atoms with Crippen molar-refractivity contribution in [3.63, 3.8) is 0 Å². The van der Waals surface area contributed by atoms with Crippen LogP contribution in [0.1, 0.15) is 43.2 Å². The predicted molar refractivity (Wildman–Crippen MR) is 85.7 cm³/mol. The summed E-state index contributed by atoms with van der Waals surface area (Å²) >= 11 is 0. The largest absolute Gasteiger partial charge is 0.459 e. The van der Waals surface area contributed by atoms with Crippen LogP contribution in [0.15, 0.2) is 22.8 Å². The van der Waals surface area contributed by atoms with Crippen molar-refractivity contribution in [2.45, 2.75) is 44.7 Å². The van der Waals surface area contributed by atoms with Crippen LogP contribution in [-0.4, -0.2) is 53.3 Å². The molecule has 2 fully saturated rings. The highest BCUT2D eigenvalue weighted by Crippen LogP contribution is 2.27. The number of furan rings is 1. The Morgan fingerprint density at radius 3 is 2.83 bits per heavy atom. The third kappa shape index (κ3) is 3.13. The van der Waals surface area contributed by atoms with E-state index in [0.717, 1.165) is 25.7 Å². The average Bonchev–Trinajstić information content (AvgIpc) is 3.23. The van der Waals surface area contributed by atoms with E-state index >= 15 is 0 Å². The molecule has 2 aliphatic heterocycles. The maximum Gasteiger partial charge on any atom is 0.290 e. The molecule has 2 saturated heterocycles. The highest BCUT2D eigenvalue weighted by molar-refractivity contribution is 5.95. The van der Waals surface area contributed by atoms with Crippen LogP contribution in [0.25, 0.3) is 0 Å². The molecule has 3 heterocycles. The van der Waals surface area contributed by atoms with Gasteiger partial charge in [0.05, 0.1) is 6.26 Å². The van der Waals surface area contributed by atoms with Crippen molar-refractivity contribution in [2.24, 2.45) is 11.7 Å². The Bertz CT molecular complexity index is 557. The zero-order chi connectivity index (χ0) is 16.4. The number of nitrogens with zero attached hydrogens (tertiary/aromatic N) is 2. The molecule has 0 aromatic carbocycles. The van der Waals surface area contributed by atoms with Gasteiger partial charge >= 0.3 is 0 Å². The van der Waals surface area contributed by atoms with Gasteiger partial charge in [-0.2, -0.15) is 0 Å². The highest BCUT2D eigenvalue weighted by atomic mass is 16.3. The number of hydrogen-bond donors (Lipinski definition) is 1. The first-order chi connectivity index (χ1) is 11.1. The molecular formula is C17H25N3O3. The minimum atomic E-state index is -0.375. The van der Waals surface area contributed by atoms with Crippen molar-refractivity contribution in [1.82, 2.24) is 9.80 Å². The third-order valence-electron chi connectivity index (χ3n) is 5.06. The quantitative estimate of drug-likeness (QED) is 0.915. The van der Waals surface area contributed by atoms with Crippen LogP contribution in [0, 0.1) is 5.92 Å². The number of amides is 2. The monoisotopic (exact) mass is 319 g/mol. The number of piperidine rings is 1. The van der Waals surface area contributed by atoms with E-state index < -0.39 is 0 Å². The Hall–Kier alpha value is -1.82. The van der Waals surface area contributed by atoms with Crippen molar-refractivity contribution < 1.29 is 14.0 Å². The molecule has 3 unspecified atom stereocenters. The summed E-state index contributed by atoms with van der Waals surface area (Å²) in [4.78, 5) is 29.3. The van der Waals surface area contributed by atoms with Crippen LogP contribution in [0.2, 0.25) is 0 Å². The summed E-state index contributed by atoms with van der Waals surface area (Å²) in [6.45, 7) is 3.98. The van der Waals surface area contributed by atoms with Crippen molar-refractivity contribution in [1.29, 1.82) is 0 Å². The van der Waals surface area contributed by atoms with E-state index in [0.29, 0.717) is 31.3 Å². The highest BCUT2D eigenvalue weighted by Gasteiger charge is 2.40. The number of rotatable bonds is 3. The lowest BCUT2D eigenvalue weighted by molar-refractivity contribution is -0.137. The molecule has 6 heteroatoms. The molecule has 0 spiro atoms. The summed E-state index contributed by atoms with van der Waals surface area (Å²) in [7, 11) is 0. The van der Waals surface area contributed by atoms with Crippen LogP contribution in [-0.2, 0) is 4.79 Å². The Balaban J connectivity index is 1.76. The predicted octanol–water partition coefficient (Wildman–Crippen LogP) is 1.47. The number of carbonyl (C=O) groups excluding carboxylic acids is 2. The van der Waals surface area contributed by atoms with Gasteiger partial charge in [0.15, 0.2) is 5.76 Å². The maximum atomic E-state index is 13.0. The molecule has 0 saturated carbocycles. The second-order valence-corrected chi connectivity index (χ2v) is 6.66. The third-order valence-corrected chi connectivity index (χ3v) is 5.06. The van der Waals surface area contributed by atoms with E-state index in [1.807, 2.05) is 4.90 Å². The van der Waals surface area contributed by atoms with Gasteiger partial charge in [0.1, 0.15) is 6.04 Å². The molecule has 3 rings (SSSR count). The second kappa shape index (κ2) is 6.74. The molecule has 3 atom stereocenters. The lowest BCUT2D eigenvalue weighted by atomic mass is 10.00. The van der Waals surface area contributed by atoms with Gasteiger partial charge in [0.25, 0.3) is 5.91 Å². The van der Waals surface area contributed by atoms with E-state index in [1.54, 1.807) is 17.0 Å². The fraction of sp³-hybridized carbons (Fsp3) is 0.647. The fourth-order valence-electron chi connectivity index (χ4n) is 3.78. The number of nitrogens with two attached hydrogens (primary N) is 1. The number of carbonyl (C=O) groups is 2. The van der Waals surface area contributed by atoms with Gasteiger partial charge in [-0.25, -0.2) is 0 Å². The topological polar surface area (TPSA) is 79.8 Å². The summed E-state index contributed by atoms with van der Waals surface area (Å²) < 4.78 is 5.23. The molecule has 0 aliphatic carbocycles. The lowest BCUT2D eigenvalue weighted by Gasteiger charge is -2.37. The van der Waals surface area contributed by atoms with E-state index in [-0.39, 0.29) is 23.9 Å². The van der Waals surface area contributed by atoms with Gasteiger partial charge in [-0.15, -0.1) is 0 Å². The standard InChI is InChI=1S/C17H25N3O3/c1-12-9-13(10-18)11-20(12)16(21)14-5-2-3-7-19(14)17(22)15-6-4-8-23-15/h4,6,8,12-14H,2-3,5,7,9-11,18H2,1H3. The van der Waals surface area contributed by atoms with Gasteiger partial charge in [-0.1, -0.05) is 0 Å². The fourth-order valence-corrected chi connectivity index (χ4v) is 3.78. The molecule has 1 aromatic heterocycles. The normalized spacial score (nSPS) is 28.2. The smallest absolute Gasteiger partial charge is 0.290 e. The van der Waals surface area contributed by atoms with E-state index in [2.05, 4.69) is 6.92 Å². The van der Waals surface area contributed by atoms with Crippen molar-refractivity contribution in [2.75, 3.05) is 19.6 Å². The Kier molecular flexibility index (Phi) is 4.71. The first-order valence-electron chi connectivity index (χ1n) is 8.46. The van der Waals surface area contributed by atoms with Crippen molar-refractivity contribution in [3.05, 3.63) is 24.2 Å². The SMILES string of the molecule is CC1CC(CN)CN1C(=O)C1CCCCN1C(=O)c1ccco1. The van der Waals surface area contributed by atoms with Crippen molar-refractivity contribution >= 4 is 11.8 Å². The minimum Gasteiger partial charge on any atom is -0.459 e. The van der Waals surface area contributed by atoms with Crippen molar-refractivity contribution in [3.8, 4) is 0 Å². The zero-order valence-corrected chi connectivity index (χ0v) is 13.6. The first kappa shape index (κ1) is 16.1. The van der Waals surface area contributed by atoms with Crippen LogP contribution in [0.4, 0.5) is 0 Å². The summed E-state index contributed by atoms with van der Waals surface area (Å²) in [5.74, 6) is 0.550. The van der Waals surface area contributed by atoms with E-state index in [4.69, 9.17) is 10.2 Å². The van der Waals surface area contributed by atoms with Crippen LogP contribution < -0.4 is 5.73 Å². The van der Waals surface area contributed by atoms with Gasteiger partial charge in [0.2, 0.25) is 5.91 Å². The Morgan fingerprint density at radius 1 is 1.35 bits per heavy atom. The van der Waals surface area contributed by atoms with E-state index in [1.165, 1.54) is 6.26 Å². The zero-order valence-electron chi connectivity index (χ0n) is 13.6. The minimum absolute atomic E-state index is 0.0630. The molecule has 1 aromatic rings. The molecule has 2 N–H and O–H groups in total. The number of hydrogen-bond acceptors (Lipinski definition) is 4. The van der Waals surface area contributed by atoms with Gasteiger partial charge < -0.3 is 20.0 Å². The summed E-state index contributed by atoms with van der Waals surface area (Å²) in [6, 6.07) is 3.17. The molecule has 6 nitrogen and oxygen atoms in total. The Labute approximate surface area is 136 Å². The molecule has 2 amide bonds. The van der Waals surface area contributed by atoms with Crippen LogP contribution in [0.5, 0.6) is 0 Å². The summed E-state index contributed by atoms with van der Waals surface area (Å²) in [5.41, 5.74) is 5.76. The summed E-state index contributed by atoms with van der Waals surface area (Å²) in [5, 5.41) is 0. The van der Waals surface area contributed by atoms with Gasteiger partial charge in [-0.3, -0.25) is 9.59 Å². The number of likely N-dealkylation sites (tertiary alicyclic amines) is 2. The Morgan fingerprint density at radius 2 is 2.17 bits per heavy atom. The maximum absolute atomic E-state index is 13.0. The molecule has 2 aliphatic rings. The first-order valence-corrected chi connectivity index (χ1v) is 8.46. The van der Waals surface area contributed by atoms with Gasteiger partial charge in [-0.05, 0) is 57.2 Å². The van der Waals surface area contributed by atoms with Crippen LogP contribution >= 0.6 is 0 Å².